The molecule has 1 saturated carbocycles. The largest absolute Gasteiger partial charge is 0.273 e. The van der Waals surface area contributed by atoms with Gasteiger partial charge in [0, 0.05) is 11.5 Å². The molecule has 0 saturated heterocycles. The number of carbonyl (C=O) groups excluding carboxylic acids is 2. The highest BCUT2D eigenvalue weighted by molar-refractivity contribution is 5.95. The van der Waals surface area contributed by atoms with Gasteiger partial charge in [-0.3, -0.25) is 20.4 Å². The van der Waals surface area contributed by atoms with Crippen molar-refractivity contribution in [3.63, 3.8) is 0 Å². The monoisotopic (exact) mass is 260 g/mol. The van der Waals surface area contributed by atoms with Crippen molar-refractivity contribution in [2.45, 2.75) is 39.0 Å². The summed E-state index contributed by atoms with van der Waals surface area (Å²) >= 11 is 0. The summed E-state index contributed by atoms with van der Waals surface area (Å²) in [5, 5.41) is 0. The second-order valence-corrected chi connectivity index (χ2v) is 5.15. The topological polar surface area (TPSA) is 58.2 Å². The number of nitrogens with one attached hydrogen (secondary N) is 2. The molecule has 19 heavy (non-hydrogen) atoms. The van der Waals surface area contributed by atoms with Crippen LogP contribution in [0, 0.1) is 12.8 Å². The van der Waals surface area contributed by atoms with Gasteiger partial charge in [-0.15, -0.1) is 0 Å². The van der Waals surface area contributed by atoms with E-state index in [1.165, 1.54) is 6.42 Å². The van der Waals surface area contributed by atoms with Gasteiger partial charge >= 0.3 is 0 Å². The molecule has 0 atom stereocenters. The lowest BCUT2D eigenvalue weighted by Gasteiger charge is -2.20. The maximum Gasteiger partial charge on any atom is 0.269 e. The first-order chi connectivity index (χ1) is 9.16. The first kappa shape index (κ1) is 13.6. The van der Waals surface area contributed by atoms with E-state index in [1.54, 1.807) is 12.1 Å². The van der Waals surface area contributed by atoms with Gasteiger partial charge < -0.3 is 0 Å². The molecule has 102 valence electrons. The number of hydrogen-bond acceptors (Lipinski definition) is 2. The molecule has 0 unspecified atom stereocenters. The van der Waals surface area contributed by atoms with Crippen LogP contribution in [0.15, 0.2) is 24.3 Å². The number of rotatable bonds is 2. The minimum atomic E-state index is -0.271. The average Bonchev–Trinajstić information content (AvgIpc) is 2.45. The number of hydrazine groups is 1. The summed E-state index contributed by atoms with van der Waals surface area (Å²) in [5.41, 5.74) is 6.60. The zero-order valence-electron chi connectivity index (χ0n) is 11.2. The molecule has 0 radical (unpaired) electrons. The van der Waals surface area contributed by atoms with E-state index in [4.69, 9.17) is 0 Å². The molecule has 4 nitrogen and oxygen atoms in total. The molecule has 0 spiro atoms. The van der Waals surface area contributed by atoms with Crippen LogP contribution in [0.2, 0.25) is 0 Å². The Bertz CT molecular complexity index is 465. The summed E-state index contributed by atoms with van der Waals surface area (Å²) in [4.78, 5) is 23.7. The number of benzene rings is 1. The lowest BCUT2D eigenvalue weighted by molar-refractivity contribution is -0.126. The highest BCUT2D eigenvalue weighted by Gasteiger charge is 2.21. The number of carbonyl (C=O) groups is 2. The first-order valence-corrected chi connectivity index (χ1v) is 6.83. The zero-order chi connectivity index (χ0) is 13.7. The number of hydrogen-bond donors (Lipinski definition) is 2. The van der Waals surface area contributed by atoms with Gasteiger partial charge in [0.25, 0.3) is 5.91 Å². The van der Waals surface area contributed by atoms with Crippen LogP contribution in [0.3, 0.4) is 0 Å². The van der Waals surface area contributed by atoms with Crippen molar-refractivity contribution in [2.24, 2.45) is 5.92 Å². The van der Waals surface area contributed by atoms with E-state index >= 15 is 0 Å². The van der Waals surface area contributed by atoms with Crippen molar-refractivity contribution >= 4 is 11.8 Å². The van der Waals surface area contributed by atoms with Gasteiger partial charge in [-0.1, -0.05) is 37.0 Å². The molecule has 2 rings (SSSR count). The molecule has 4 heteroatoms. The van der Waals surface area contributed by atoms with Crippen molar-refractivity contribution in [1.82, 2.24) is 10.9 Å². The predicted molar refractivity (Wildman–Crippen MR) is 73.4 cm³/mol. The summed E-state index contributed by atoms with van der Waals surface area (Å²) in [6, 6.07) is 7.28. The Morgan fingerprint density at radius 1 is 1.11 bits per heavy atom. The molecular formula is C15H20N2O2. The van der Waals surface area contributed by atoms with Crippen LogP contribution in [0.5, 0.6) is 0 Å². The minimum absolute atomic E-state index is 0.0477. The summed E-state index contributed by atoms with van der Waals surface area (Å²) in [7, 11) is 0. The maximum atomic E-state index is 11.9. The number of aryl methyl sites for hydroxylation is 1. The fraction of sp³-hybridized carbons (Fsp3) is 0.467. The lowest BCUT2D eigenvalue weighted by Crippen LogP contribution is -2.44. The standard InChI is InChI=1S/C15H20N2O2/c1-11-6-5-9-13(10-11)15(19)17-16-14(18)12-7-3-2-4-8-12/h5-6,9-10,12H,2-4,7-8H2,1H3,(H,16,18)(H,17,19). The van der Waals surface area contributed by atoms with Crippen LogP contribution in [0.4, 0.5) is 0 Å². The average molecular weight is 260 g/mol. The molecule has 0 aliphatic heterocycles. The molecule has 0 bridgehead atoms. The molecule has 1 aliphatic carbocycles. The van der Waals surface area contributed by atoms with E-state index in [9.17, 15) is 9.59 Å². The van der Waals surface area contributed by atoms with Gasteiger partial charge in [-0.25, -0.2) is 0 Å². The van der Waals surface area contributed by atoms with E-state index in [2.05, 4.69) is 10.9 Å². The second-order valence-electron chi connectivity index (χ2n) is 5.15. The third-order valence-corrected chi connectivity index (χ3v) is 3.56. The van der Waals surface area contributed by atoms with Crippen LogP contribution in [-0.4, -0.2) is 11.8 Å². The molecule has 1 fully saturated rings. The van der Waals surface area contributed by atoms with Crippen LogP contribution in [0.1, 0.15) is 48.0 Å². The van der Waals surface area contributed by atoms with Crippen molar-refractivity contribution in [3.8, 4) is 0 Å². The van der Waals surface area contributed by atoms with E-state index in [0.717, 1.165) is 31.2 Å². The third-order valence-electron chi connectivity index (χ3n) is 3.56. The minimum Gasteiger partial charge on any atom is -0.273 e. The van der Waals surface area contributed by atoms with Crippen molar-refractivity contribution in [2.75, 3.05) is 0 Å². The van der Waals surface area contributed by atoms with Gasteiger partial charge in [-0.05, 0) is 31.9 Å². The molecule has 1 aromatic rings. The molecule has 2 amide bonds. The fourth-order valence-corrected chi connectivity index (χ4v) is 2.44. The van der Waals surface area contributed by atoms with E-state index in [1.807, 2.05) is 19.1 Å². The molecule has 0 heterocycles. The smallest absolute Gasteiger partial charge is 0.269 e. The summed E-state index contributed by atoms with van der Waals surface area (Å²) in [6.07, 6.45) is 5.26. The van der Waals surface area contributed by atoms with Gasteiger partial charge in [0.15, 0.2) is 0 Å². The van der Waals surface area contributed by atoms with Crippen molar-refractivity contribution < 1.29 is 9.59 Å². The van der Waals surface area contributed by atoms with Crippen molar-refractivity contribution in [1.29, 1.82) is 0 Å². The molecule has 1 aliphatic rings. The molecule has 2 N–H and O–H groups in total. The Balaban J connectivity index is 1.84. The third kappa shape index (κ3) is 3.81. The second kappa shape index (κ2) is 6.36. The van der Waals surface area contributed by atoms with E-state index in [-0.39, 0.29) is 17.7 Å². The summed E-state index contributed by atoms with van der Waals surface area (Å²) in [6.45, 7) is 1.93. The number of amides is 2. The quantitative estimate of drug-likeness (QED) is 0.802. The fourth-order valence-electron chi connectivity index (χ4n) is 2.44. The summed E-state index contributed by atoms with van der Waals surface area (Å²) < 4.78 is 0. The van der Waals surface area contributed by atoms with Crippen LogP contribution >= 0.6 is 0 Å². The van der Waals surface area contributed by atoms with Crippen LogP contribution in [0.25, 0.3) is 0 Å². The van der Waals surface area contributed by atoms with Gasteiger partial charge in [0.05, 0.1) is 0 Å². The molecule has 1 aromatic carbocycles. The zero-order valence-corrected chi connectivity index (χ0v) is 11.2. The normalized spacial score (nSPS) is 15.8. The predicted octanol–water partition coefficient (Wildman–Crippen LogP) is 2.34. The SMILES string of the molecule is Cc1cccc(C(=O)NNC(=O)C2CCCCC2)c1. The van der Waals surface area contributed by atoms with Crippen LogP contribution in [-0.2, 0) is 4.79 Å². The Kier molecular flexibility index (Phi) is 4.55. The van der Waals surface area contributed by atoms with E-state index in [0.29, 0.717) is 5.56 Å². The van der Waals surface area contributed by atoms with Crippen LogP contribution < -0.4 is 10.9 Å². The highest BCUT2D eigenvalue weighted by Crippen LogP contribution is 2.23. The molecule has 0 aromatic heterocycles. The van der Waals surface area contributed by atoms with Gasteiger partial charge in [0.1, 0.15) is 0 Å². The first-order valence-electron chi connectivity index (χ1n) is 6.83. The highest BCUT2D eigenvalue weighted by atomic mass is 16.2. The Morgan fingerprint density at radius 3 is 2.53 bits per heavy atom. The Morgan fingerprint density at radius 2 is 1.84 bits per heavy atom. The molecular weight excluding hydrogens is 240 g/mol. The van der Waals surface area contributed by atoms with Crippen molar-refractivity contribution in [3.05, 3.63) is 35.4 Å². The summed E-state index contributed by atoms with van der Waals surface area (Å²) in [5.74, 6) is -0.292. The lowest BCUT2D eigenvalue weighted by atomic mass is 9.89. The van der Waals surface area contributed by atoms with E-state index < -0.39 is 0 Å². The maximum absolute atomic E-state index is 11.9. The Hall–Kier alpha value is -1.84. The van der Waals surface area contributed by atoms with Gasteiger partial charge in [0.2, 0.25) is 5.91 Å². The van der Waals surface area contributed by atoms with Gasteiger partial charge in [-0.2, -0.15) is 0 Å². The Labute approximate surface area is 113 Å².